The molecule has 1 saturated carbocycles. The summed E-state index contributed by atoms with van der Waals surface area (Å²) in [5, 5.41) is 50.2. The van der Waals surface area contributed by atoms with Crippen molar-refractivity contribution >= 4 is 19.8 Å². The van der Waals surface area contributed by atoms with Crippen molar-refractivity contribution in [1.82, 2.24) is 0 Å². The maximum absolute atomic E-state index is 12.8. The van der Waals surface area contributed by atoms with Gasteiger partial charge in [0.15, 0.2) is 6.10 Å². The Bertz CT molecular complexity index is 1460. The van der Waals surface area contributed by atoms with E-state index in [4.69, 9.17) is 18.5 Å². The third kappa shape index (κ3) is 32.4. The molecule has 0 amide bonds. The van der Waals surface area contributed by atoms with E-state index in [9.17, 15) is 44.6 Å². The molecule has 0 spiro atoms. The molecule has 0 radical (unpaired) electrons. The molecular formula is C51H85O13P. The summed E-state index contributed by atoms with van der Waals surface area (Å²) in [5.41, 5.74) is 0. The van der Waals surface area contributed by atoms with Crippen molar-refractivity contribution in [3.8, 4) is 0 Å². The lowest BCUT2D eigenvalue weighted by Crippen LogP contribution is -2.64. The number of unbranched alkanes of at least 4 members (excludes halogenated alkanes) is 13. The van der Waals surface area contributed by atoms with Crippen LogP contribution in [0.2, 0.25) is 0 Å². The monoisotopic (exact) mass is 937 g/mol. The normalized spacial score (nSPS) is 22.2. The van der Waals surface area contributed by atoms with Gasteiger partial charge in [-0.15, -0.1) is 0 Å². The van der Waals surface area contributed by atoms with Crippen molar-refractivity contribution in [3.63, 3.8) is 0 Å². The molecule has 0 saturated heterocycles. The number of hydrogen-bond donors (Lipinski definition) is 6. The standard InChI is InChI=1S/C51H85O13P/c1-3-5-7-9-11-13-15-17-19-21-22-24-26-28-30-32-34-36-38-40-45(53)63-43(42-62-65(59,60)64-51-49(57)47(55)46(54)48(56)50(51)58)41-61-44(52)39-37-35-33-31-29-27-25-23-20-18-16-14-12-10-8-6-4-2/h5,7,11,13,17-20,22,24,28,30,34,36,43,46-51,54-58H,3-4,6,8-10,12,14-16,21,23,25-27,29,31-33,35,37-42H2,1-2H3,(H,59,60)/b7-5+,13-11+,19-17+,20-18+,24-22+,30-28+,36-34+/t43-,46?,47-,48?,49?,50?,51?/m1/s1. The Morgan fingerprint density at radius 2 is 0.908 bits per heavy atom. The summed E-state index contributed by atoms with van der Waals surface area (Å²) in [5.74, 6) is -1.21. The van der Waals surface area contributed by atoms with Crippen LogP contribution < -0.4 is 0 Å². The van der Waals surface area contributed by atoms with Gasteiger partial charge in [-0.25, -0.2) is 4.57 Å². The van der Waals surface area contributed by atoms with Gasteiger partial charge in [0.05, 0.1) is 6.61 Å². The van der Waals surface area contributed by atoms with Crippen molar-refractivity contribution < 1.29 is 63.1 Å². The Hall–Kier alpha value is -2.97. The minimum Gasteiger partial charge on any atom is -0.462 e. The van der Waals surface area contributed by atoms with Crippen LogP contribution in [0.5, 0.6) is 0 Å². The third-order valence-electron chi connectivity index (χ3n) is 10.7. The highest BCUT2D eigenvalue weighted by Crippen LogP contribution is 2.47. The van der Waals surface area contributed by atoms with Crippen molar-refractivity contribution in [2.75, 3.05) is 13.2 Å². The van der Waals surface area contributed by atoms with Gasteiger partial charge in [-0.1, -0.05) is 163 Å². The first kappa shape index (κ1) is 60.0. The molecule has 13 nitrogen and oxygen atoms in total. The van der Waals surface area contributed by atoms with Crippen LogP contribution in [-0.2, 0) is 32.7 Å². The summed E-state index contributed by atoms with van der Waals surface area (Å²) >= 11 is 0. The first-order valence-electron chi connectivity index (χ1n) is 24.4. The van der Waals surface area contributed by atoms with Gasteiger partial charge in [-0.05, 0) is 77.0 Å². The maximum atomic E-state index is 12.8. The second-order valence-corrected chi connectivity index (χ2v) is 18.0. The molecule has 0 aromatic rings. The maximum Gasteiger partial charge on any atom is 0.472 e. The van der Waals surface area contributed by atoms with Crippen molar-refractivity contribution in [1.29, 1.82) is 0 Å². The minimum absolute atomic E-state index is 0.0333. The second-order valence-electron chi connectivity index (χ2n) is 16.6. The Kier molecular flexibility index (Phi) is 37.1. The molecule has 8 atom stereocenters. The number of carbonyl (C=O) groups is 2. The minimum atomic E-state index is -5.15. The van der Waals surface area contributed by atoms with Gasteiger partial charge >= 0.3 is 19.8 Å². The molecule has 1 aliphatic carbocycles. The predicted molar refractivity (Wildman–Crippen MR) is 258 cm³/mol. The van der Waals surface area contributed by atoms with E-state index >= 15 is 0 Å². The molecule has 0 bridgehead atoms. The molecule has 65 heavy (non-hydrogen) atoms. The molecule has 6 N–H and O–H groups in total. The van der Waals surface area contributed by atoms with E-state index in [2.05, 4.69) is 80.7 Å². The molecule has 1 fully saturated rings. The molecule has 1 aliphatic rings. The highest BCUT2D eigenvalue weighted by Gasteiger charge is 2.51. The fourth-order valence-electron chi connectivity index (χ4n) is 6.84. The molecule has 14 heteroatoms. The number of allylic oxidation sites excluding steroid dienone is 14. The predicted octanol–water partition coefficient (Wildman–Crippen LogP) is 10.1. The quantitative estimate of drug-likeness (QED) is 0.0147. The Balaban J connectivity index is 2.50. The van der Waals surface area contributed by atoms with Crippen molar-refractivity contribution in [2.45, 2.75) is 211 Å². The molecule has 372 valence electrons. The van der Waals surface area contributed by atoms with Gasteiger partial charge in [-0.2, -0.15) is 0 Å². The Labute approximate surface area is 390 Å². The van der Waals surface area contributed by atoms with E-state index in [0.29, 0.717) is 19.3 Å². The summed E-state index contributed by atoms with van der Waals surface area (Å²) in [6.07, 6.45) is 39.3. The lowest BCUT2D eigenvalue weighted by atomic mass is 9.85. The van der Waals surface area contributed by atoms with E-state index < -0.39 is 75.7 Å². The zero-order chi connectivity index (χ0) is 47.8. The van der Waals surface area contributed by atoms with E-state index in [-0.39, 0.29) is 12.8 Å². The fraction of sp³-hybridized carbons (Fsp3) is 0.686. The number of phosphoric ester groups is 1. The SMILES string of the molecule is CC/C=C/C/C=C/C/C=C/C/C=C/C/C=C/C/C=C/CCC(=O)O[C@H](COC(=O)CCCCCCCCC/C=C/CCCCCCCC)COP(=O)(O)OC1C(O)C(O)C(O)[C@@H](O)C1O. The van der Waals surface area contributed by atoms with E-state index in [0.717, 1.165) is 64.2 Å². The third-order valence-corrected chi connectivity index (χ3v) is 11.7. The lowest BCUT2D eigenvalue weighted by Gasteiger charge is -2.41. The molecular weight excluding hydrogens is 852 g/mol. The summed E-state index contributed by atoms with van der Waals surface area (Å²) < 4.78 is 33.5. The highest BCUT2D eigenvalue weighted by atomic mass is 31.2. The van der Waals surface area contributed by atoms with E-state index in [1.807, 2.05) is 18.2 Å². The first-order valence-corrected chi connectivity index (χ1v) is 25.9. The van der Waals surface area contributed by atoms with Gasteiger partial charge in [0.1, 0.15) is 43.2 Å². The molecule has 6 unspecified atom stereocenters. The van der Waals surface area contributed by atoms with Crippen LogP contribution in [0.1, 0.15) is 168 Å². The molecule has 0 aromatic heterocycles. The summed E-state index contributed by atoms with van der Waals surface area (Å²) in [6.45, 7) is 3.12. The lowest BCUT2D eigenvalue weighted by molar-refractivity contribution is -0.220. The zero-order valence-electron chi connectivity index (χ0n) is 39.5. The van der Waals surface area contributed by atoms with Crippen LogP contribution >= 0.6 is 7.82 Å². The molecule has 0 aliphatic heterocycles. The molecule has 0 heterocycles. The summed E-state index contributed by atoms with van der Waals surface area (Å²) in [7, 11) is -5.15. The number of esters is 2. The number of carbonyl (C=O) groups excluding carboxylic acids is 2. The van der Waals surface area contributed by atoms with Gasteiger partial charge in [0.25, 0.3) is 0 Å². The van der Waals surface area contributed by atoms with Crippen molar-refractivity contribution in [2.24, 2.45) is 0 Å². The van der Waals surface area contributed by atoms with Crippen LogP contribution in [0.25, 0.3) is 0 Å². The number of aliphatic hydroxyl groups is 5. The Morgan fingerprint density at radius 1 is 0.492 bits per heavy atom. The fourth-order valence-corrected chi connectivity index (χ4v) is 7.81. The summed E-state index contributed by atoms with van der Waals surface area (Å²) in [6, 6.07) is 0. The van der Waals surface area contributed by atoms with Crippen LogP contribution in [0.15, 0.2) is 85.1 Å². The van der Waals surface area contributed by atoms with Gasteiger partial charge < -0.3 is 39.9 Å². The number of rotatable bonds is 39. The first-order chi connectivity index (χ1) is 31.4. The number of ether oxygens (including phenoxy) is 2. The topological polar surface area (TPSA) is 210 Å². The average Bonchev–Trinajstić information content (AvgIpc) is 3.29. The zero-order valence-corrected chi connectivity index (χ0v) is 40.4. The summed E-state index contributed by atoms with van der Waals surface area (Å²) in [4.78, 5) is 35.7. The smallest absolute Gasteiger partial charge is 0.462 e. The number of aliphatic hydroxyl groups excluding tert-OH is 5. The van der Waals surface area contributed by atoms with Crippen molar-refractivity contribution in [3.05, 3.63) is 85.1 Å². The Morgan fingerprint density at radius 3 is 1.40 bits per heavy atom. The highest BCUT2D eigenvalue weighted by molar-refractivity contribution is 7.47. The number of phosphoric acid groups is 1. The largest absolute Gasteiger partial charge is 0.472 e. The van der Waals surface area contributed by atoms with E-state index in [1.54, 1.807) is 0 Å². The van der Waals surface area contributed by atoms with Gasteiger partial charge in [-0.3, -0.25) is 18.6 Å². The van der Waals surface area contributed by atoms with Crippen LogP contribution in [-0.4, -0.2) is 98.3 Å². The second kappa shape index (κ2) is 40.1. The van der Waals surface area contributed by atoms with Gasteiger partial charge in [0.2, 0.25) is 0 Å². The van der Waals surface area contributed by atoms with Gasteiger partial charge in [0, 0.05) is 12.8 Å². The van der Waals surface area contributed by atoms with Crippen LogP contribution in [0.3, 0.4) is 0 Å². The van der Waals surface area contributed by atoms with E-state index in [1.165, 1.54) is 57.8 Å². The molecule has 0 aromatic carbocycles. The molecule has 1 rings (SSSR count). The van der Waals surface area contributed by atoms with Crippen LogP contribution in [0.4, 0.5) is 0 Å². The average molecular weight is 937 g/mol. The van der Waals surface area contributed by atoms with Crippen LogP contribution in [0, 0.1) is 0 Å². The number of hydrogen-bond acceptors (Lipinski definition) is 12.